The summed E-state index contributed by atoms with van der Waals surface area (Å²) >= 11 is 6.31. The van der Waals surface area contributed by atoms with Crippen LogP contribution in [0.3, 0.4) is 0 Å². The number of hydrogen-bond acceptors (Lipinski definition) is 5. The van der Waals surface area contributed by atoms with Gasteiger partial charge in [0.2, 0.25) is 5.91 Å². The number of anilines is 2. The lowest BCUT2D eigenvalue weighted by atomic mass is 9.97. The van der Waals surface area contributed by atoms with E-state index in [1.54, 1.807) is 6.33 Å². The SMILES string of the molecule is Cc1ccc(NC(=O)[C@@H]2CCCN(c3ncnc4c3nc3n4CCCCC3)C2)c(Cl)c1. The van der Waals surface area contributed by atoms with Crippen LogP contribution in [0.2, 0.25) is 5.02 Å². The molecule has 4 heterocycles. The fourth-order valence-electron chi connectivity index (χ4n) is 4.70. The van der Waals surface area contributed by atoms with Crippen LogP contribution in [0.4, 0.5) is 11.5 Å². The highest BCUT2D eigenvalue weighted by Gasteiger charge is 2.29. The highest BCUT2D eigenvalue weighted by atomic mass is 35.5. The van der Waals surface area contributed by atoms with E-state index >= 15 is 0 Å². The van der Waals surface area contributed by atoms with Crippen LogP contribution in [0.5, 0.6) is 0 Å². The molecule has 2 aliphatic rings. The van der Waals surface area contributed by atoms with Crippen molar-refractivity contribution in [2.75, 3.05) is 23.3 Å². The van der Waals surface area contributed by atoms with Gasteiger partial charge in [-0.15, -0.1) is 0 Å². The Hall–Kier alpha value is -2.67. The predicted molar refractivity (Wildman–Crippen MR) is 123 cm³/mol. The molecule has 1 saturated heterocycles. The minimum atomic E-state index is -0.128. The molecule has 0 spiro atoms. The highest BCUT2D eigenvalue weighted by molar-refractivity contribution is 6.33. The number of amides is 1. The quantitative estimate of drug-likeness (QED) is 0.657. The monoisotopic (exact) mass is 438 g/mol. The Morgan fingerprint density at radius 3 is 2.94 bits per heavy atom. The standard InChI is InChI=1S/C23H27ClN6O/c1-15-8-9-18(17(24)12-15)27-23(31)16-6-5-10-29(13-16)21-20-22(26-14-25-21)30-11-4-2-3-7-19(30)28-20/h8-9,12,14,16H,2-7,10-11,13H2,1H3,(H,27,31)/t16-/m1/s1. The third kappa shape index (κ3) is 3.99. The van der Waals surface area contributed by atoms with Crippen LogP contribution in [0.25, 0.3) is 11.2 Å². The number of aromatic nitrogens is 4. The van der Waals surface area contributed by atoms with Gasteiger partial charge in [0.15, 0.2) is 17.0 Å². The van der Waals surface area contributed by atoms with Gasteiger partial charge in [0.25, 0.3) is 0 Å². The summed E-state index contributed by atoms with van der Waals surface area (Å²) < 4.78 is 2.25. The predicted octanol–water partition coefficient (Wildman–Crippen LogP) is 4.37. The smallest absolute Gasteiger partial charge is 0.229 e. The molecule has 1 N–H and O–H groups in total. The second-order valence-electron chi connectivity index (χ2n) is 8.62. The van der Waals surface area contributed by atoms with Crippen LogP contribution in [0, 0.1) is 12.8 Å². The molecule has 1 atom stereocenters. The van der Waals surface area contributed by atoms with E-state index in [1.807, 2.05) is 25.1 Å². The number of benzene rings is 1. The number of nitrogens with one attached hydrogen (secondary N) is 1. The van der Waals surface area contributed by atoms with E-state index in [1.165, 1.54) is 12.8 Å². The van der Waals surface area contributed by atoms with Crippen molar-refractivity contribution in [1.82, 2.24) is 19.5 Å². The molecule has 0 aliphatic carbocycles. The van der Waals surface area contributed by atoms with E-state index in [9.17, 15) is 4.79 Å². The highest BCUT2D eigenvalue weighted by Crippen LogP contribution is 2.30. The lowest BCUT2D eigenvalue weighted by Crippen LogP contribution is -2.41. The Morgan fingerprint density at radius 2 is 2.06 bits per heavy atom. The van der Waals surface area contributed by atoms with E-state index in [2.05, 4.69) is 24.8 Å². The molecule has 1 amide bonds. The number of imidazole rings is 1. The van der Waals surface area contributed by atoms with Crippen LogP contribution in [-0.2, 0) is 17.8 Å². The van der Waals surface area contributed by atoms with Crippen LogP contribution < -0.4 is 10.2 Å². The Kier molecular flexibility index (Phi) is 5.52. The summed E-state index contributed by atoms with van der Waals surface area (Å²) in [7, 11) is 0. The first-order chi connectivity index (χ1) is 15.1. The number of hydrogen-bond donors (Lipinski definition) is 1. The lowest BCUT2D eigenvalue weighted by molar-refractivity contribution is -0.120. The number of fused-ring (bicyclic) bond motifs is 3. The van der Waals surface area contributed by atoms with E-state index in [-0.39, 0.29) is 11.8 Å². The Bertz CT molecular complexity index is 1130. The van der Waals surface area contributed by atoms with Crippen molar-refractivity contribution < 1.29 is 4.79 Å². The van der Waals surface area contributed by atoms with Crippen LogP contribution >= 0.6 is 11.6 Å². The molecular formula is C23H27ClN6O. The van der Waals surface area contributed by atoms with Crippen molar-refractivity contribution in [3.8, 4) is 0 Å². The second-order valence-corrected chi connectivity index (χ2v) is 9.02. The van der Waals surface area contributed by atoms with E-state index < -0.39 is 0 Å². The average Bonchev–Trinajstić information content (AvgIpc) is 2.96. The van der Waals surface area contributed by atoms with Crippen molar-refractivity contribution in [2.45, 2.75) is 52.0 Å². The normalized spacial score (nSPS) is 19.2. The first-order valence-electron chi connectivity index (χ1n) is 11.1. The van der Waals surface area contributed by atoms with E-state index in [0.717, 1.165) is 67.1 Å². The van der Waals surface area contributed by atoms with Crippen molar-refractivity contribution in [2.24, 2.45) is 5.92 Å². The van der Waals surface area contributed by atoms with Gasteiger partial charge in [0, 0.05) is 26.1 Å². The number of aryl methyl sites for hydroxylation is 3. The number of halogens is 1. The van der Waals surface area contributed by atoms with Crippen molar-refractivity contribution in [1.29, 1.82) is 0 Å². The third-order valence-corrected chi connectivity index (χ3v) is 6.66. The van der Waals surface area contributed by atoms with Crippen LogP contribution in [0.15, 0.2) is 24.5 Å². The summed E-state index contributed by atoms with van der Waals surface area (Å²) in [5.41, 5.74) is 3.51. The van der Waals surface area contributed by atoms with Crippen LogP contribution in [-0.4, -0.2) is 38.5 Å². The fourth-order valence-corrected chi connectivity index (χ4v) is 4.98. The molecule has 2 aromatic heterocycles. The maximum absolute atomic E-state index is 13.0. The third-order valence-electron chi connectivity index (χ3n) is 6.35. The summed E-state index contributed by atoms with van der Waals surface area (Å²) in [6, 6.07) is 5.68. The Labute approximate surface area is 186 Å². The van der Waals surface area contributed by atoms with Gasteiger partial charge in [0.05, 0.1) is 16.6 Å². The molecule has 0 radical (unpaired) electrons. The zero-order chi connectivity index (χ0) is 21.4. The van der Waals surface area contributed by atoms with Gasteiger partial charge < -0.3 is 14.8 Å². The zero-order valence-electron chi connectivity index (χ0n) is 17.8. The number of carbonyl (C=O) groups excluding carboxylic acids is 1. The van der Waals surface area contributed by atoms with Gasteiger partial charge >= 0.3 is 0 Å². The van der Waals surface area contributed by atoms with Gasteiger partial charge in [-0.2, -0.15) is 0 Å². The van der Waals surface area contributed by atoms with Crippen molar-refractivity contribution in [3.05, 3.63) is 40.9 Å². The molecule has 0 saturated carbocycles. The molecule has 3 aromatic rings. The minimum absolute atomic E-state index is 0.00127. The molecule has 0 unspecified atom stereocenters. The van der Waals surface area contributed by atoms with Crippen molar-refractivity contribution in [3.63, 3.8) is 0 Å². The molecule has 2 aliphatic heterocycles. The van der Waals surface area contributed by atoms with Crippen molar-refractivity contribution >= 4 is 40.2 Å². The minimum Gasteiger partial charge on any atom is -0.354 e. The Balaban J connectivity index is 1.38. The van der Waals surface area contributed by atoms with Gasteiger partial charge in [-0.1, -0.05) is 24.1 Å². The van der Waals surface area contributed by atoms with Gasteiger partial charge in [-0.25, -0.2) is 15.0 Å². The molecular weight excluding hydrogens is 412 g/mol. The lowest BCUT2D eigenvalue weighted by Gasteiger charge is -2.32. The maximum atomic E-state index is 13.0. The molecule has 1 aromatic carbocycles. The van der Waals surface area contributed by atoms with E-state index in [4.69, 9.17) is 16.6 Å². The Morgan fingerprint density at radius 1 is 1.16 bits per heavy atom. The first-order valence-corrected chi connectivity index (χ1v) is 11.5. The van der Waals surface area contributed by atoms with Crippen LogP contribution in [0.1, 0.15) is 43.5 Å². The molecule has 31 heavy (non-hydrogen) atoms. The molecule has 7 nitrogen and oxygen atoms in total. The molecule has 1 fully saturated rings. The number of piperidine rings is 1. The van der Waals surface area contributed by atoms with Gasteiger partial charge in [0.1, 0.15) is 12.2 Å². The molecule has 5 rings (SSSR count). The summed E-state index contributed by atoms with van der Waals surface area (Å²) in [6.07, 6.45) is 7.95. The molecule has 0 bridgehead atoms. The number of rotatable bonds is 3. The largest absolute Gasteiger partial charge is 0.354 e. The van der Waals surface area contributed by atoms with Gasteiger partial charge in [-0.3, -0.25) is 4.79 Å². The zero-order valence-corrected chi connectivity index (χ0v) is 18.5. The average molecular weight is 439 g/mol. The topological polar surface area (TPSA) is 75.9 Å². The number of nitrogens with zero attached hydrogens (tertiary/aromatic N) is 5. The summed E-state index contributed by atoms with van der Waals surface area (Å²) in [5.74, 6) is 1.82. The first kappa shape index (κ1) is 20.2. The molecule has 8 heteroatoms. The fraction of sp³-hybridized carbons (Fsp3) is 0.478. The summed E-state index contributed by atoms with van der Waals surface area (Å²) in [5, 5.41) is 3.58. The van der Waals surface area contributed by atoms with Gasteiger partial charge in [-0.05, 0) is 50.3 Å². The van der Waals surface area contributed by atoms with E-state index in [0.29, 0.717) is 17.3 Å². The number of carbonyl (C=O) groups is 1. The molecule has 162 valence electrons. The summed E-state index contributed by atoms with van der Waals surface area (Å²) in [4.78, 5) is 29.2. The second kappa shape index (κ2) is 8.46. The maximum Gasteiger partial charge on any atom is 0.229 e. The summed E-state index contributed by atoms with van der Waals surface area (Å²) in [6.45, 7) is 4.42.